The maximum atomic E-state index is 8.64. The highest BCUT2D eigenvalue weighted by Crippen LogP contribution is 2.50. The molecule has 2 aliphatic heterocycles. The van der Waals surface area contributed by atoms with Gasteiger partial charge in [0.25, 0.3) is 11.4 Å². The Bertz CT molecular complexity index is 924. The number of hydrogen-bond acceptors (Lipinski definition) is 6. The van der Waals surface area contributed by atoms with E-state index in [0.29, 0.717) is 10.4 Å². The van der Waals surface area contributed by atoms with Gasteiger partial charge in [0.15, 0.2) is 0 Å². The third kappa shape index (κ3) is 5.27. The molecule has 8 heteroatoms. The Hall–Kier alpha value is -2.46. The van der Waals surface area contributed by atoms with E-state index in [2.05, 4.69) is 31.3 Å². The summed E-state index contributed by atoms with van der Waals surface area (Å²) in [5, 5.41) is 26.8. The predicted octanol–water partition coefficient (Wildman–Crippen LogP) is 4.80. The van der Waals surface area contributed by atoms with E-state index in [0.717, 1.165) is 0 Å². The van der Waals surface area contributed by atoms with Crippen LogP contribution in [0.2, 0.25) is 0 Å². The summed E-state index contributed by atoms with van der Waals surface area (Å²) in [7, 11) is 0. The highest BCUT2D eigenvalue weighted by molar-refractivity contribution is 8.33. The molecule has 1 aromatic rings. The lowest BCUT2D eigenvalue weighted by atomic mass is 10.2. The van der Waals surface area contributed by atoms with Crippen molar-refractivity contribution < 1.29 is 0 Å². The first-order valence-corrected chi connectivity index (χ1v) is 10.4. The zero-order chi connectivity index (χ0) is 18.8. The summed E-state index contributed by atoms with van der Waals surface area (Å²) < 4.78 is 2.86. The SMILES string of the molecule is C1=CSC(=C2SC=CS2)S1.[C-]#[N+]C(C#N)=c1ccc(=C(C#N)[N+]#[C-])cc1. The second-order valence-electron chi connectivity index (χ2n) is 4.31. The van der Waals surface area contributed by atoms with E-state index in [1.807, 2.05) is 47.0 Å². The Kier molecular flexibility index (Phi) is 8.03. The Labute approximate surface area is 168 Å². The zero-order valence-electron chi connectivity index (χ0n) is 13.0. The monoisotopic (exact) mass is 408 g/mol. The summed E-state index contributed by atoms with van der Waals surface area (Å²) in [6.45, 7) is 13.5. The maximum Gasteiger partial charge on any atom is 0.268 e. The van der Waals surface area contributed by atoms with Crippen LogP contribution in [0.25, 0.3) is 21.1 Å². The van der Waals surface area contributed by atoms with Gasteiger partial charge in [0.2, 0.25) is 0 Å². The van der Waals surface area contributed by atoms with Crippen LogP contribution < -0.4 is 10.4 Å². The molecule has 3 rings (SSSR count). The van der Waals surface area contributed by atoms with Crippen molar-refractivity contribution in [2.45, 2.75) is 0 Å². The summed E-state index contributed by atoms with van der Waals surface area (Å²) in [6, 6.07) is 9.75. The van der Waals surface area contributed by atoms with Crippen LogP contribution in [-0.4, -0.2) is 0 Å². The Morgan fingerprint density at radius 3 is 1.23 bits per heavy atom. The maximum absolute atomic E-state index is 8.64. The molecule has 0 amide bonds. The largest absolute Gasteiger partial charge is 0.268 e. The number of hydrogen-bond donors (Lipinski definition) is 0. The Balaban J connectivity index is 0.000000206. The fourth-order valence-corrected chi connectivity index (χ4v) is 5.73. The molecule has 2 heterocycles. The van der Waals surface area contributed by atoms with Gasteiger partial charge in [-0.25, -0.2) is 20.2 Å². The first-order valence-electron chi connectivity index (χ1n) is 6.84. The lowest BCUT2D eigenvalue weighted by Gasteiger charge is -1.97. The molecule has 26 heavy (non-hydrogen) atoms. The predicted molar refractivity (Wildman–Crippen MR) is 113 cm³/mol. The molecule has 0 bridgehead atoms. The molecular formula is C18H8N4S4. The van der Waals surface area contributed by atoms with Crippen molar-refractivity contribution in [1.82, 2.24) is 0 Å². The van der Waals surface area contributed by atoms with Gasteiger partial charge in [0, 0.05) is 0 Å². The summed E-state index contributed by atoms with van der Waals surface area (Å²) in [5.41, 5.74) is -0.0132. The summed E-state index contributed by atoms with van der Waals surface area (Å²) >= 11 is 7.28. The molecule has 1 aromatic carbocycles. The zero-order valence-corrected chi connectivity index (χ0v) is 16.3. The van der Waals surface area contributed by atoms with Crippen molar-refractivity contribution >= 4 is 58.4 Å². The lowest BCUT2D eigenvalue weighted by Crippen LogP contribution is -2.10. The molecule has 0 radical (unpaired) electrons. The molecule has 0 spiro atoms. The number of nitriles is 2. The standard InChI is InChI=1S/C12H4N4.C6H4S4/c1-15-11(7-13)9-3-5-10(6-4-9)12(8-14)16-2;1-2-8-5(7-1)6-9-3-4-10-6/h3-6H;1-4H. The fourth-order valence-electron chi connectivity index (χ4n) is 1.70. The van der Waals surface area contributed by atoms with E-state index >= 15 is 0 Å². The lowest BCUT2D eigenvalue weighted by molar-refractivity contribution is 1.48. The molecule has 0 saturated carbocycles. The second-order valence-corrected chi connectivity index (χ2v) is 8.49. The van der Waals surface area contributed by atoms with Crippen molar-refractivity contribution in [2.75, 3.05) is 0 Å². The van der Waals surface area contributed by atoms with Crippen LogP contribution in [0.1, 0.15) is 0 Å². The molecule has 0 fully saturated rings. The van der Waals surface area contributed by atoms with Gasteiger partial charge in [-0.1, -0.05) is 71.3 Å². The Morgan fingerprint density at radius 2 is 1.00 bits per heavy atom. The number of rotatable bonds is 0. The molecule has 0 aliphatic carbocycles. The van der Waals surface area contributed by atoms with Crippen molar-refractivity contribution in [3.63, 3.8) is 0 Å². The number of nitrogens with zero attached hydrogens (tertiary/aromatic N) is 4. The van der Waals surface area contributed by atoms with Gasteiger partial charge in [-0.15, -0.1) is 0 Å². The molecule has 2 aliphatic rings. The minimum Gasteiger partial charge on any atom is -0.226 e. The van der Waals surface area contributed by atoms with Gasteiger partial charge in [-0.3, -0.25) is 0 Å². The minimum atomic E-state index is -0.00660. The van der Waals surface area contributed by atoms with Crippen LogP contribution in [0.3, 0.4) is 0 Å². The van der Waals surface area contributed by atoms with E-state index in [1.165, 1.54) is 8.47 Å². The van der Waals surface area contributed by atoms with E-state index in [1.54, 1.807) is 36.4 Å². The van der Waals surface area contributed by atoms with Crippen molar-refractivity contribution in [3.8, 4) is 12.1 Å². The molecule has 0 aromatic heterocycles. The number of benzene rings is 1. The molecule has 0 atom stereocenters. The fraction of sp³-hybridized carbons (Fsp3) is 0. The van der Waals surface area contributed by atoms with Gasteiger partial charge in [0.05, 0.1) is 33.8 Å². The van der Waals surface area contributed by atoms with Gasteiger partial charge in [0.1, 0.15) is 0 Å². The molecule has 4 nitrogen and oxygen atoms in total. The smallest absolute Gasteiger partial charge is 0.226 e. The van der Waals surface area contributed by atoms with Crippen LogP contribution in [0.15, 0.2) is 54.4 Å². The number of thioether (sulfide) groups is 4. The van der Waals surface area contributed by atoms with Crippen molar-refractivity contribution in [2.24, 2.45) is 0 Å². The molecule has 124 valence electrons. The third-order valence-corrected chi connectivity index (χ3v) is 7.62. The van der Waals surface area contributed by atoms with Crippen molar-refractivity contribution in [1.29, 1.82) is 10.5 Å². The van der Waals surface area contributed by atoms with Gasteiger partial charge in [-0.2, -0.15) is 0 Å². The highest BCUT2D eigenvalue weighted by atomic mass is 32.2. The molecular weight excluding hydrogens is 400 g/mol. The first-order chi connectivity index (χ1) is 12.7. The van der Waals surface area contributed by atoms with Gasteiger partial charge < -0.3 is 0 Å². The average molecular weight is 409 g/mol. The molecule has 0 N–H and O–H groups in total. The highest BCUT2D eigenvalue weighted by Gasteiger charge is 2.12. The molecule has 0 saturated heterocycles. The van der Waals surface area contributed by atoms with E-state index in [9.17, 15) is 0 Å². The summed E-state index contributed by atoms with van der Waals surface area (Å²) in [5.74, 6) is 0. The topological polar surface area (TPSA) is 56.3 Å². The Morgan fingerprint density at radius 1 is 0.692 bits per heavy atom. The summed E-state index contributed by atoms with van der Waals surface area (Å²) in [6.07, 6.45) is 0. The van der Waals surface area contributed by atoms with E-state index in [-0.39, 0.29) is 11.4 Å². The van der Waals surface area contributed by atoms with Crippen LogP contribution in [0.5, 0.6) is 0 Å². The van der Waals surface area contributed by atoms with Gasteiger partial charge in [-0.05, 0) is 32.1 Å². The molecule has 0 unspecified atom stereocenters. The van der Waals surface area contributed by atoms with Crippen LogP contribution in [0.4, 0.5) is 0 Å². The quantitative estimate of drug-likeness (QED) is 0.575. The summed E-state index contributed by atoms with van der Waals surface area (Å²) in [4.78, 5) is 6.13. The van der Waals surface area contributed by atoms with Crippen LogP contribution >= 0.6 is 47.0 Å². The average Bonchev–Trinajstić information content (AvgIpc) is 3.39. The second kappa shape index (κ2) is 10.5. The third-order valence-electron chi connectivity index (χ3n) is 2.85. The first kappa shape index (κ1) is 19.9. The van der Waals surface area contributed by atoms with E-state index < -0.39 is 0 Å². The van der Waals surface area contributed by atoms with Crippen LogP contribution in [0, 0.1) is 35.8 Å². The van der Waals surface area contributed by atoms with Crippen molar-refractivity contribution in [3.05, 3.63) is 87.6 Å². The normalized spacial score (nSPS) is 13.7. The van der Waals surface area contributed by atoms with E-state index in [4.69, 9.17) is 23.7 Å². The van der Waals surface area contributed by atoms with Crippen LogP contribution in [-0.2, 0) is 0 Å². The minimum absolute atomic E-state index is 0.00660. The van der Waals surface area contributed by atoms with Gasteiger partial charge >= 0.3 is 0 Å².